The maximum absolute atomic E-state index is 13.9. The zero-order valence-electron chi connectivity index (χ0n) is 22.1. The number of nitrogens with zero attached hydrogens (tertiary/aromatic N) is 1. The molecule has 4 amide bonds. The Morgan fingerprint density at radius 2 is 1.75 bits per heavy atom. The van der Waals surface area contributed by atoms with Crippen LogP contribution in [0.1, 0.15) is 83.9 Å². The third-order valence-corrected chi connectivity index (χ3v) is 5.23. The minimum atomic E-state index is -1.32. The highest BCUT2D eigenvalue weighted by Crippen LogP contribution is 2.26. The van der Waals surface area contributed by atoms with Gasteiger partial charge in [-0.05, 0) is 45.2 Å². The molecule has 0 aliphatic carbocycles. The summed E-state index contributed by atoms with van der Waals surface area (Å²) in [5.74, 6) is 0.775. The average molecular weight is 501 g/mol. The molecule has 0 heterocycles. The second kappa shape index (κ2) is 14.8. The number of alkyl carbamates (subject to hydrolysis) is 1. The highest BCUT2D eigenvalue weighted by molar-refractivity contribution is 5.94. The molecule has 1 rings (SSSR count). The van der Waals surface area contributed by atoms with Gasteiger partial charge in [-0.1, -0.05) is 50.8 Å². The van der Waals surface area contributed by atoms with Crippen molar-refractivity contribution in [1.82, 2.24) is 15.5 Å². The van der Waals surface area contributed by atoms with Gasteiger partial charge in [-0.3, -0.25) is 14.4 Å². The third kappa shape index (κ3) is 9.98. The summed E-state index contributed by atoms with van der Waals surface area (Å²) in [7, 11) is 0. The molecule has 0 saturated heterocycles. The molecule has 9 heteroatoms. The van der Waals surface area contributed by atoms with E-state index >= 15 is 0 Å². The lowest BCUT2D eigenvalue weighted by atomic mass is 9.97. The quantitative estimate of drug-likeness (QED) is 0.283. The maximum atomic E-state index is 13.9. The van der Waals surface area contributed by atoms with Gasteiger partial charge in [-0.15, -0.1) is 6.42 Å². The van der Waals surface area contributed by atoms with E-state index in [-0.39, 0.29) is 6.54 Å². The predicted molar refractivity (Wildman–Crippen MR) is 139 cm³/mol. The van der Waals surface area contributed by atoms with Gasteiger partial charge >= 0.3 is 6.09 Å². The van der Waals surface area contributed by atoms with Gasteiger partial charge in [0, 0.05) is 18.7 Å². The fourth-order valence-electron chi connectivity index (χ4n) is 3.55. The van der Waals surface area contributed by atoms with E-state index in [4.69, 9.17) is 16.9 Å². The van der Waals surface area contributed by atoms with Crippen LogP contribution in [-0.4, -0.2) is 53.4 Å². The fraction of sp³-hybridized carbons (Fsp3) is 0.556. The molecule has 0 bridgehead atoms. The number of amides is 4. The molecule has 1 aromatic rings. The number of carbonyl (C=O) groups is 4. The minimum absolute atomic E-state index is 0.200. The van der Waals surface area contributed by atoms with E-state index in [2.05, 4.69) is 16.6 Å². The summed E-state index contributed by atoms with van der Waals surface area (Å²) in [6, 6.07) is 4.51. The number of benzene rings is 1. The van der Waals surface area contributed by atoms with E-state index in [0.717, 1.165) is 19.3 Å². The second-order valence-corrected chi connectivity index (χ2v) is 9.53. The Labute approximate surface area is 214 Å². The molecule has 2 unspecified atom stereocenters. The van der Waals surface area contributed by atoms with E-state index in [1.807, 2.05) is 13.8 Å². The van der Waals surface area contributed by atoms with E-state index in [1.54, 1.807) is 45.0 Å². The molecule has 2 atom stereocenters. The molecule has 0 spiro atoms. The molecule has 36 heavy (non-hydrogen) atoms. The summed E-state index contributed by atoms with van der Waals surface area (Å²) >= 11 is 0. The number of primary amides is 1. The van der Waals surface area contributed by atoms with Crippen molar-refractivity contribution in [2.75, 3.05) is 13.1 Å². The van der Waals surface area contributed by atoms with Crippen LogP contribution >= 0.6 is 0 Å². The van der Waals surface area contributed by atoms with Gasteiger partial charge < -0.3 is 26.0 Å². The smallest absolute Gasteiger partial charge is 0.408 e. The molecule has 198 valence electrons. The minimum Gasteiger partial charge on any atom is -0.444 e. The first kappa shape index (κ1) is 30.5. The van der Waals surface area contributed by atoms with Gasteiger partial charge in [0.1, 0.15) is 17.7 Å². The molecule has 0 fully saturated rings. The number of nitrogens with one attached hydrogen (secondary N) is 2. The summed E-state index contributed by atoms with van der Waals surface area (Å²) < 4.78 is 5.28. The lowest BCUT2D eigenvalue weighted by Crippen LogP contribution is -2.54. The predicted octanol–water partition coefficient (Wildman–Crippen LogP) is 3.02. The molecule has 0 aromatic heterocycles. The molecule has 1 aromatic carbocycles. The van der Waals surface area contributed by atoms with E-state index < -0.39 is 47.9 Å². The van der Waals surface area contributed by atoms with Gasteiger partial charge in [-0.25, -0.2) is 4.79 Å². The van der Waals surface area contributed by atoms with Crippen molar-refractivity contribution in [3.8, 4) is 12.3 Å². The largest absolute Gasteiger partial charge is 0.444 e. The monoisotopic (exact) mass is 500 g/mol. The number of unbranched alkanes of at least 4 members (excludes halogenated alkanes) is 2. The molecule has 0 saturated carbocycles. The van der Waals surface area contributed by atoms with Crippen molar-refractivity contribution >= 4 is 23.8 Å². The van der Waals surface area contributed by atoms with Gasteiger partial charge in [-0.2, -0.15) is 0 Å². The summed E-state index contributed by atoms with van der Waals surface area (Å²) in [5.41, 5.74) is 5.53. The van der Waals surface area contributed by atoms with Gasteiger partial charge in [0.25, 0.3) is 0 Å². The lowest BCUT2D eigenvalue weighted by molar-refractivity contribution is -0.143. The molecule has 0 aliphatic rings. The van der Waals surface area contributed by atoms with Crippen molar-refractivity contribution in [3.05, 3.63) is 35.4 Å². The van der Waals surface area contributed by atoms with Gasteiger partial charge in [0.2, 0.25) is 17.7 Å². The van der Waals surface area contributed by atoms with Crippen LogP contribution in [0.15, 0.2) is 24.3 Å². The van der Waals surface area contributed by atoms with Crippen molar-refractivity contribution in [3.63, 3.8) is 0 Å². The lowest BCUT2D eigenvalue weighted by Gasteiger charge is -2.34. The molecular formula is C27H40N4O5. The summed E-state index contributed by atoms with van der Waals surface area (Å²) in [5, 5.41) is 5.35. The van der Waals surface area contributed by atoms with Crippen LogP contribution in [0.3, 0.4) is 0 Å². The average Bonchev–Trinajstić information content (AvgIpc) is 2.79. The van der Waals surface area contributed by atoms with Crippen molar-refractivity contribution < 1.29 is 23.9 Å². The van der Waals surface area contributed by atoms with Crippen LogP contribution in [0.4, 0.5) is 4.79 Å². The standard InChI is InChI=1S/C27H40N4O5/c1-7-10-16-29-24(33)23(20-15-13-12-14-19(20)9-3)31(17-11-8-2)25(34)21(18-22(28)32)30-26(35)36-27(4,5)6/h3,12-15,21,23H,7-8,10-11,16-18H2,1-2,4-6H3,(H2,28,32)(H,29,33)(H,30,35). The van der Waals surface area contributed by atoms with E-state index in [9.17, 15) is 19.2 Å². The number of hydrogen-bond donors (Lipinski definition) is 3. The Bertz CT molecular complexity index is 948. The number of terminal acetylenes is 1. The Morgan fingerprint density at radius 3 is 2.31 bits per heavy atom. The zero-order valence-corrected chi connectivity index (χ0v) is 22.1. The van der Waals surface area contributed by atoms with Crippen LogP contribution in [0, 0.1) is 12.3 Å². The number of nitrogens with two attached hydrogens (primary N) is 1. The fourth-order valence-corrected chi connectivity index (χ4v) is 3.55. The van der Waals surface area contributed by atoms with Crippen LogP contribution < -0.4 is 16.4 Å². The molecular weight excluding hydrogens is 460 g/mol. The summed E-state index contributed by atoms with van der Waals surface area (Å²) in [4.78, 5) is 53.0. The van der Waals surface area contributed by atoms with Crippen LogP contribution in [0.25, 0.3) is 0 Å². The van der Waals surface area contributed by atoms with Crippen LogP contribution in [-0.2, 0) is 19.1 Å². The van der Waals surface area contributed by atoms with Gasteiger partial charge in [0.15, 0.2) is 0 Å². The molecule has 0 aliphatic heterocycles. The summed E-state index contributed by atoms with van der Waals surface area (Å²) in [6.45, 7) is 9.63. The van der Waals surface area contributed by atoms with Crippen molar-refractivity contribution in [2.45, 2.75) is 84.4 Å². The molecule has 4 N–H and O–H groups in total. The Morgan fingerprint density at radius 1 is 1.11 bits per heavy atom. The van der Waals surface area contributed by atoms with E-state index in [0.29, 0.717) is 24.1 Å². The highest BCUT2D eigenvalue weighted by atomic mass is 16.6. The van der Waals surface area contributed by atoms with Gasteiger partial charge in [0.05, 0.1) is 6.42 Å². The first-order chi connectivity index (χ1) is 16.9. The highest BCUT2D eigenvalue weighted by Gasteiger charge is 2.37. The van der Waals surface area contributed by atoms with Crippen LogP contribution in [0.5, 0.6) is 0 Å². The van der Waals surface area contributed by atoms with Crippen molar-refractivity contribution in [2.24, 2.45) is 5.73 Å². The third-order valence-electron chi connectivity index (χ3n) is 5.23. The van der Waals surface area contributed by atoms with Crippen LogP contribution in [0.2, 0.25) is 0 Å². The summed E-state index contributed by atoms with van der Waals surface area (Å²) in [6.07, 6.45) is 7.36. The molecule has 0 radical (unpaired) electrons. The topological polar surface area (TPSA) is 131 Å². The molecule has 9 nitrogen and oxygen atoms in total. The first-order valence-electron chi connectivity index (χ1n) is 12.4. The SMILES string of the molecule is C#Cc1ccccc1C(C(=O)NCCCC)N(CCCC)C(=O)C(CC(N)=O)NC(=O)OC(C)(C)C. The van der Waals surface area contributed by atoms with Crippen molar-refractivity contribution in [1.29, 1.82) is 0 Å². The Kier molecular flexibility index (Phi) is 12.5. The van der Waals surface area contributed by atoms with E-state index in [1.165, 1.54) is 4.90 Å². The Balaban J connectivity index is 3.52. The first-order valence-corrected chi connectivity index (χ1v) is 12.4. The normalized spacial score (nSPS) is 12.6. The Hall–Kier alpha value is -3.54. The second-order valence-electron chi connectivity index (χ2n) is 9.53. The maximum Gasteiger partial charge on any atom is 0.408 e. The number of hydrogen-bond acceptors (Lipinski definition) is 5. The number of rotatable bonds is 13. The number of carbonyl (C=O) groups excluding carboxylic acids is 4. The zero-order chi connectivity index (χ0) is 27.3. The number of ether oxygens (including phenoxy) is 1.